The molecule has 1 aromatic carbocycles. The van der Waals surface area contributed by atoms with Gasteiger partial charge in [-0.2, -0.15) is 0 Å². The second-order valence-electron chi connectivity index (χ2n) is 5.77. The number of amides is 1. The van der Waals surface area contributed by atoms with Gasteiger partial charge in [-0.05, 0) is 57.2 Å². The number of carbonyl (C=O) groups is 1. The lowest BCUT2D eigenvalue weighted by molar-refractivity contribution is 0.102. The van der Waals surface area contributed by atoms with E-state index in [9.17, 15) is 4.79 Å². The van der Waals surface area contributed by atoms with Gasteiger partial charge in [-0.15, -0.1) is 0 Å². The summed E-state index contributed by atoms with van der Waals surface area (Å²) in [5, 5.41) is 6.11. The van der Waals surface area contributed by atoms with Gasteiger partial charge in [0.2, 0.25) is 0 Å². The SMILES string of the molecule is CC(C)(C)Nc1ccc(C(=O)Nc2ccc(Br)cc2)nc1. The van der Waals surface area contributed by atoms with Crippen LogP contribution in [0, 0.1) is 0 Å². The normalized spacial score (nSPS) is 11.0. The molecule has 2 aromatic rings. The third-order valence-electron chi connectivity index (χ3n) is 2.62. The average molecular weight is 348 g/mol. The van der Waals surface area contributed by atoms with E-state index in [0.717, 1.165) is 15.8 Å². The Morgan fingerprint density at radius 3 is 2.19 bits per heavy atom. The molecule has 0 saturated carbocycles. The van der Waals surface area contributed by atoms with E-state index in [4.69, 9.17) is 0 Å². The van der Waals surface area contributed by atoms with E-state index in [-0.39, 0.29) is 11.4 Å². The number of aromatic nitrogens is 1. The maximum absolute atomic E-state index is 12.1. The van der Waals surface area contributed by atoms with E-state index in [1.807, 2.05) is 30.3 Å². The van der Waals surface area contributed by atoms with Gasteiger partial charge in [0.25, 0.3) is 5.91 Å². The van der Waals surface area contributed by atoms with E-state index < -0.39 is 0 Å². The van der Waals surface area contributed by atoms with Crippen LogP contribution in [0.2, 0.25) is 0 Å². The smallest absolute Gasteiger partial charge is 0.274 e. The van der Waals surface area contributed by atoms with Crippen molar-refractivity contribution in [1.29, 1.82) is 0 Å². The molecule has 1 aromatic heterocycles. The van der Waals surface area contributed by atoms with Crippen molar-refractivity contribution in [2.75, 3.05) is 10.6 Å². The van der Waals surface area contributed by atoms with Crippen LogP contribution in [-0.2, 0) is 0 Å². The molecule has 4 nitrogen and oxygen atoms in total. The molecule has 2 rings (SSSR count). The van der Waals surface area contributed by atoms with Crippen molar-refractivity contribution in [3.63, 3.8) is 0 Å². The molecule has 0 atom stereocenters. The average Bonchev–Trinajstić information content (AvgIpc) is 2.40. The summed E-state index contributed by atoms with van der Waals surface area (Å²) in [4.78, 5) is 16.3. The van der Waals surface area contributed by atoms with Crippen LogP contribution in [0.15, 0.2) is 47.1 Å². The Balaban J connectivity index is 2.04. The number of hydrogen-bond acceptors (Lipinski definition) is 3. The summed E-state index contributed by atoms with van der Waals surface area (Å²) in [7, 11) is 0. The number of anilines is 2. The van der Waals surface area contributed by atoms with E-state index in [1.165, 1.54) is 0 Å². The topological polar surface area (TPSA) is 54.0 Å². The highest BCUT2D eigenvalue weighted by molar-refractivity contribution is 9.10. The fourth-order valence-corrected chi connectivity index (χ4v) is 2.03. The highest BCUT2D eigenvalue weighted by Crippen LogP contribution is 2.16. The fraction of sp³-hybridized carbons (Fsp3) is 0.250. The predicted octanol–water partition coefficient (Wildman–Crippen LogP) is 4.31. The van der Waals surface area contributed by atoms with Crippen molar-refractivity contribution in [3.05, 3.63) is 52.8 Å². The first-order valence-corrected chi connectivity index (χ1v) is 7.44. The third-order valence-corrected chi connectivity index (χ3v) is 3.15. The molecule has 0 saturated heterocycles. The number of carbonyl (C=O) groups excluding carboxylic acids is 1. The van der Waals surface area contributed by atoms with Crippen molar-refractivity contribution < 1.29 is 4.79 Å². The van der Waals surface area contributed by atoms with Crippen molar-refractivity contribution in [1.82, 2.24) is 4.98 Å². The van der Waals surface area contributed by atoms with Gasteiger partial charge in [0.1, 0.15) is 5.69 Å². The number of nitrogens with zero attached hydrogens (tertiary/aromatic N) is 1. The van der Waals surface area contributed by atoms with Crippen molar-refractivity contribution in [2.24, 2.45) is 0 Å². The lowest BCUT2D eigenvalue weighted by Gasteiger charge is -2.21. The first-order valence-electron chi connectivity index (χ1n) is 6.65. The van der Waals surface area contributed by atoms with Crippen LogP contribution in [0.3, 0.4) is 0 Å². The highest BCUT2D eigenvalue weighted by Gasteiger charge is 2.11. The summed E-state index contributed by atoms with van der Waals surface area (Å²) in [5.74, 6) is -0.223. The minimum absolute atomic E-state index is 0.0388. The van der Waals surface area contributed by atoms with E-state index in [1.54, 1.807) is 12.3 Å². The molecule has 0 bridgehead atoms. The highest BCUT2D eigenvalue weighted by atomic mass is 79.9. The molecule has 0 aliphatic heterocycles. The Kier molecular flexibility index (Phi) is 4.63. The van der Waals surface area contributed by atoms with Crippen LogP contribution in [0.25, 0.3) is 0 Å². The van der Waals surface area contributed by atoms with Crippen LogP contribution < -0.4 is 10.6 Å². The minimum atomic E-state index is -0.223. The molecule has 0 spiro atoms. The molecule has 1 amide bonds. The Bertz CT molecular complexity index is 615. The zero-order valence-corrected chi connectivity index (χ0v) is 13.9. The first-order chi connectivity index (χ1) is 9.83. The van der Waals surface area contributed by atoms with Crippen LogP contribution in [0.1, 0.15) is 31.3 Å². The largest absolute Gasteiger partial charge is 0.379 e. The number of rotatable bonds is 3. The first kappa shape index (κ1) is 15.5. The zero-order valence-electron chi connectivity index (χ0n) is 12.3. The summed E-state index contributed by atoms with van der Waals surface area (Å²) in [6.45, 7) is 6.21. The number of halogens is 1. The molecule has 0 fully saturated rings. The van der Waals surface area contributed by atoms with E-state index in [2.05, 4.69) is 52.3 Å². The van der Waals surface area contributed by atoms with Crippen molar-refractivity contribution in [2.45, 2.75) is 26.3 Å². The van der Waals surface area contributed by atoms with Crippen molar-refractivity contribution >= 4 is 33.2 Å². The second-order valence-corrected chi connectivity index (χ2v) is 6.68. The van der Waals surface area contributed by atoms with Crippen molar-refractivity contribution in [3.8, 4) is 0 Å². The summed E-state index contributed by atoms with van der Waals surface area (Å²) < 4.78 is 0.969. The molecule has 0 aliphatic rings. The van der Waals surface area contributed by atoms with Gasteiger partial charge in [0.15, 0.2) is 0 Å². The van der Waals surface area contributed by atoms with Gasteiger partial charge in [-0.3, -0.25) is 4.79 Å². The Morgan fingerprint density at radius 1 is 1.05 bits per heavy atom. The molecule has 2 N–H and O–H groups in total. The summed E-state index contributed by atoms with van der Waals surface area (Å²) >= 11 is 3.36. The molecule has 110 valence electrons. The van der Waals surface area contributed by atoms with E-state index in [0.29, 0.717) is 5.69 Å². The fourth-order valence-electron chi connectivity index (χ4n) is 1.76. The molecular weight excluding hydrogens is 330 g/mol. The maximum Gasteiger partial charge on any atom is 0.274 e. The lowest BCUT2D eigenvalue weighted by atomic mass is 10.1. The molecule has 0 unspecified atom stereocenters. The number of nitrogens with one attached hydrogen (secondary N) is 2. The number of benzene rings is 1. The minimum Gasteiger partial charge on any atom is -0.379 e. The molecule has 0 radical (unpaired) electrons. The zero-order chi connectivity index (χ0) is 15.5. The van der Waals surface area contributed by atoms with E-state index >= 15 is 0 Å². The van der Waals surface area contributed by atoms with Gasteiger partial charge >= 0.3 is 0 Å². The van der Waals surface area contributed by atoms with Gasteiger partial charge in [-0.25, -0.2) is 4.98 Å². The molecule has 0 aliphatic carbocycles. The predicted molar refractivity (Wildman–Crippen MR) is 89.7 cm³/mol. The number of pyridine rings is 1. The molecule has 21 heavy (non-hydrogen) atoms. The monoisotopic (exact) mass is 347 g/mol. The van der Waals surface area contributed by atoms with Crippen LogP contribution in [0.4, 0.5) is 11.4 Å². The maximum atomic E-state index is 12.1. The third kappa shape index (κ3) is 4.86. The summed E-state index contributed by atoms with van der Waals surface area (Å²) in [5.41, 5.74) is 1.98. The quantitative estimate of drug-likeness (QED) is 0.869. The van der Waals surface area contributed by atoms with Gasteiger partial charge < -0.3 is 10.6 Å². The standard InChI is InChI=1S/C16H18BrN3O/c1-16(2,3)20-13-8-9-14(18-10-13)15(21)19-12-6-4-11(17)5-7-12/h4-10,20H,1-3H3,(H,19,21). The van der Waals surface area contributed by atoms with Gasteiger partial charge in [0, 0.05) is 15.7 Å². The molecule has 1 heterocycles. The Morgan fingerprint density at radius 2 is 1.67 bits per heavy atom. The van der Waals surface area contributed by atoms with Gasteiger partial charge in [-0.1, -0.05) is 15.9 Å². The lowest BCUT2D eigenvalue weighted by Crippen LogP contribution is -2.26. The van der Waals surface area contributed by atoms with Crippen LogP contribution in [-0.4, -0.2) is 16.4 Å². The van der Waals surface area contributed by atoms with Gasteiger partial charge in [0.05, 0.1) is 11.9 Å². The molecule has 5 heteroatoms. The Labute approximate surface area is 133 Å². The summed E-state index contributed by atoms with van der Waals surface area (Å²) in [6, 6.07) is 11.0. The molecular formula is C16H18BrN3O. The summed E-state index contributed by atoms with van der Waals surface area (Å²) in [6.07, 6.45) is 1.67. The Hall–Kier alpha value is -1.88. The van der Waals surface area contributed by atoms with Crippen LogP contribution in [0.5, 0.6) is 0 Å². The second kappa shape index (κ2) is 6.26. The van der Waals surface area contributed by atoms with Crippen LogP contribution >= 0.6 is 15.9 Å². The number of hydrogen-bond donors (Lipinski definition) is 2.